The van der Waals surface area contributed by atoms with Crippen LogP contribution >= 0.6 is 22.9 Å². The van der Waals surface area contributed by atoms with Gasteiger partial charge in [0, 0.05) is 10.1 Å². The highest BCUT2D eigenvalue weighted by molar-refractivity contribution is 7.21. The van der Waals surface area contributed by atoms with E-state index in [-0.39, 0.29) is 5.91 Å². The lowest BCUT2D eigenvalue weighted by Gasteiger charge is -1.97. The van der Waals surface area contributed by atoms with E-state index in [9.17, 15) is 4.79 Å². The molecule has 0 bridgehead atoms. The lowest BCUT2D eigenvalue weighted by molar-refractivity contribution is 0.0959. The molecule has 5 nitrogen and oxygen atoms in total. The molecule has 0 fully saturated rings. The Morgan fingerprint density at radius 3 is 2.50 bits per heavy atom. The second-order valence-corrected chi connectivity index (χ2v) is 6.15. The van der Waals surface area contributed by atoms with Crippen LogP contribution in [-0.2, 0) is 0 Å². The lowest BCUT2D eigenvalue weighted by atomic mass is 10.2. The monoisotopic (exact) mass is 356 g/mol. The number of anilines is 1. The van der Waals surface area contributed by atoms with Gasteiger partial charge in [-0.15, -0.1) is 11.3 Å². The summed E-state index contributed by atoms with van der Waals surface area (Å²) < 4.78 is 0.963. The minimum absolute atomic E-state index is 0.345. The van der Waals surface area contributed by atoms with E-state index in [0.717, 1.165) is 15.8 Å². The number of benzene rings is 2. The number of halogens is 1. The second-order valence-electron chi connectivity index (χ2n) is 4.72. The molecule has 7 heteroatoms. The Morgan fingerprint density at radius 1 is 1.00 bits per heavy atom. The minimum atomic E-state index is -0.345. The molecule has 0 atom stereocenters. The molecule has 3 aromatic rings. The number of carbonyl (C=O) groups is 1. The summed E-state index contributed by atoms with van der Waals surface area (Å²) >= 11 is 7.58. The number of fused-ring (bicyclic) bond motifs is 1. The Hall–Kier alpha value is -2.70. The van der Waals surface area contributed by atoms with E-state index in [0.29, 0.717) is 9.90 Å². The molecule has 0 aliphatic carbocycles. The first-order valence-electron chi connectivity index (χ1n) is 7.09. The zero-order chi connectivity index (χ0) is 16.8. The quantitative estimate of drug-likeness (QED) is 0.526. The molecule has 0 saturated heterocycles. The van der Waals surface area contributed by atoms with Gasteiger partial charge in [-0.2, -0.15) is 10.2 Å². The average Bonchev–Trinajstić information content (AvgIpc) is 2.96. The van der Waals surface area contributed by atoms with E-state index in [1.807, 2.05) is 54.6 Å². The van der Waals surface area contributed by atoms with Crippen LogP contribution in [0.1, 0.15) is 9.67 Å². The summed E-state index contributed by atoms with van der Waals surface area (Å²) in [6.07, 6.45) is 2.83. The van der Waals surface area contributed by atoms with Gasteiger partial charge in [-0.25, -0.2) is 5.43 Å². The van der Waals surface area contributed by atoms with Crippen LogP contribution in [0, 0.1) is 0 Å². The highest BCUT2D eigenvalue weighted by atomic mass is 35.5. The number of amides is 1. The predicted molar refractivity (Wildman–Crippen MR) is 101 cm³/mol. The van der Waals surface area contributed by atoms with Crippen molar-refractivity contribution >= 4 is 57.0 Å². The third kappa shape index (κ3) is 3.79. The average molecular weight is 357 g/mol. The minimum Gasteiger partial charge on any atom is -0.278 e. The fourth-order valence-corrected chi connectivity index (χ4v) is 3.40. The van der Waals surface area contributed by atoms with Crippen molar-refractivity contribution in [3.8, 4) is 0 Å². The number of thiophene rings is 1. The van der Waals surface area contributed by atoms with Crippen LogP contribution in [0.25, 0.3) is 10.1 Å². The van der Waals surface area contributed by atoms with Crippen molar-refractivity contribution in [2.45, 2.75) is 0 Å². The van der Waals surface area contributed by atoms with E-state index in [4.69, 9.17) is 11.6 Å². The molecule has 0 unspecified atom stereocenters. The number of hydrogen-bond acceptors (Lipinski definition) is 5. The van der Waals surface area contributed by atoms with Crippen molar-refractivity contribution in [3.05, 3.63) is 64.5 Å². The molecule has 1 heterocycles. The Bertz CT molecular complexity index is 905. The number of rotatable bonds is 5. The highest BCUT2D eigenvalue weighted by Crippen LogP contribution is 2.34. The third-order valence-corrected chi connectivity index (χ3v) is 4.76. The highest BCUT2D eigenvalue weighted by Gasteiger charge is 2.16. The standard InChI is InChI=1S/C17H13ClN4OS/c18-15-13-8-4-5-9-14(13)24-16(15)17(23)22-20-11-10-19-21-12-6-2-1-3-7-12/h1-11,21H,(H,22,23)/b19-10+,20-11-. The van der Waals surface area contributed by atoms with Gasteiger partial charge in [0.15, 0.2) is 0 Å². The van der Waals surface area contributed by atoms with Crippen LogP contribution in [0.2, 0.25) is 5.02 Å². The fraction of sp³-hybridized carbons (Fsp3) is 0. The van der Waals surface area contributed by atoms with Crippen molar-refractivity contribution in [1.29, 1.82) is 0 Å². The smallest absolute Gasteiger partial charge is 0.278 e. The summed E-state index contributed by atoms with van der Waals surface area (Å²) in [5.74, 6) is -0.345. The molecule has 120 valence electrons. The molecule has 0 aliphatic heterocycles. The first-order chi connectivity index (χ1) is 11.8. The summed E-state index contributed by atoms with van der Waals surface area (Å²) in [7, 11) is 0. The van der Waals surface area contributed by atoms with Crippen molar-refractivity contribution in [1.82, 2.24) is 5.43 Å². The van der Waals surface area contributed by atoms with Crippen LogP contribution in [0.4, 0.5) is 5.69 Å². The molecular weight excluding hydrogens is 344 g/mol. The van der Waals surface area contributed by atoms with Gasteiger partial charge < -0.3 is 0 Å². The van der Waals surface area contributed by atoms with Gasteiger partial charge in [-0.3, -0.25) is 10.2 Å². The van der Waals surface area contributed by atoms with Crippen molar-refractivity contribution < 1.29 is 4.79 Å². The van der Waals surface area contributed by atoms with E-state index in [1.165, 1.54) is 23.8 Å². The molecule has 0 spiro atoms. The predicted octanol–water partition coefficient (Wildman–Crippen LogP) is 4.37. The Balaban J connectivity index is 1.57. The zero-order valence-electron chi connectivity index (χ0n) is 12.4. The normalized spacial score (nSPS) is 11.4. The summed E-state index contributed by atoms with van der Waals surface area (Å²) in [4.78, 5) is 12.6. The Labute approximate surface area is 147 Å². The Morgan fingerprint density at radius 2 is 1.71 bits per heavy atom. The number of nitrogens with zero attached hydrogens (tertiary/aromatic N) is 2. The van der Waals surface area contributed by atoms with Crippen molar-refractivity contribution in [3.63, 3.8) is 0 Å². The van der Waals surface area contributed by atoms with Gasteiger partial charge in [-0.1, -0.05) is 48.0 Å². The summed E-state index contributed by atoms with van der Waals surface area (Å²) in [5.41, 5.74) is 6.14. The molecule has 24 heavy (non-hydrogen) atoms. The van der Waals surface area contributed by atoms with Gasteiger partial charge in [0.2, 0.25) is 0 Å². The number of hydrogen-bond donors (Lipinski definition) is 2. The maximum absolute atomic E-state index is 12.1. The van der Waals surface area contributed by atoms with E-state index in [1.54, 1.807) is 0 Å². The number of nitrogens with one attached hydrogen (secondary N) is 2. The van der Waals surface area contributed by atoms with Crippen LogP contribution in [0.15, 0.2) is 64.8 Å². The fourth-order valence-electron chi connectivity index (χ4n) is 2.00. The number of para-hydroxylation sites is 1. The number of carbonyl (C=O) groups excluding carboxylic acids is 1. The Kier molecular flexibility index (Phi) is 5.20. The molecule has 1 amide bonds. The van der Waals surface area contributed by atoms with Gasteiger partial charge in [-0.05, 0) is 18.2 Å². The van der Waals surface area contributed by atoms with Gasteiger partial charge in [0.1, 0.15) is 4.88 Å². The molecule has 0 radical (unpaired) electrons. The summed E-state index contributed by atoms with van der Waals surface area (Å²) in [5, 5.41) is 9.10. The van der Waals surface area contributed by atoms with Gasteiger partial charge in [0.05, 0.1) is 23.1 Å². The van der Waals surface area contributed by atoms with Gasteiger partial charge >= 0.3 is 0 Å². The maximum atomic E-state index is 12.1. The molecule has 3 rings (SSSR count). The first kappa shape index (κ1) is 16.2. The second kappa shape index (κ2) is 7.72. The van der Waals surface area contributed by atoms with E-state index < -0.39 is 0 Å². The largest absolute Gasteiger partial charge is 0.283 e. The van der Waals surface area contributed by atoms with E-state index >= 15 is 0 Å². The molecule has 2 aromatic carbocycles. The lowest BCUT2D eigenvalue weighted by Crippen LogP contribution is -2.16. The maximum Gasteiger partial charge on any atom is 0.283 e. The summed E-state index contributed by atoms with van der Waals surface area (Å²) in [6, 6.07) is 17.1. The van der Waals surface area contributed by atoms with Crippen LogP contribution in [0.5, 0.6) is 0 Å². The first-order valence-corrected chi connectivity index (χ1v) is 8.28. The van der Waals surface area contributed by atoms with Crippen LogP contribution < -0.4 is 10.9 Å². The van der Waals surface area contributed by atoms with Crippen LogP contribution in [-0.4, -0.2) is 18.3 Å². The molecule has 1 aromatic heterocycles. The molecule has 0 aliphatic rings. The van der Waals surface area contributed by atoms with Crippen molar-refractivity contribution in [2.75, 3.05) is 5.43 Å². The van der Waals surface area contributed by atoms with Gasteiger partial charge in [0.25, 0.3) is 5.91 Å². The molecular formula is C17H13ClN4OS. The number of hydrazone groups is 2. The molecule has 0 saturated carbocycles. The third-order valence-electron chi connectivity index (χ3n) is 3.09. The molecule has 2 N–H and O–H groups in total. The van der Waals surface area contributed by atoms with E-state index in [2.05, 4.69) is 21.1 Å². The summed E-state index contributed by atoms with van der Waals surface area (Å²) in [6.45, 7) is 0. The van der Waals surface area contributed by atoms with Crippen LogP contribution in [0.3, 0.4) is 0 Å². The topological polar surface area (TPSA) is 65.8 Å². The zero-order valence-corrected chi connectivity index (χ0v) is 14.0. The SMILES string of the molecule is O=C(N/N=C\C=N\Nc1ccccc1)c1sc2ccccc2c1Cl. The van der Waals surface area contributed by atoms with Crippen molar-refractivity contribution in [2.24, 2.45) is 10.2 Å².